The second-order valence-corrected chi connectivity index (χ2v) is 6.29. The molecule has 9 heteroatoms. The topological polar surface area (TPSA) is 78.4 Å². The molecule has 1 saturated heterocycles. The monoisotopic (exact) mass is 344 g/mol. The summed E-state index contributed by atoms with van der Waals surface area (Å²) in [6, 6.07) is 1.02. The van der Waals surface area contributed by atoms with Crippen LogP contribution >= 0.6 is 0 Å². The Morgan fingerprint density at radius 3 is 2.54 bits per heavy atom. The Labute approximate surface area is 137 Å². The Bertz CT molecular complexity index is 599. The second-order valence-electron chi connectivity index (χ2n) is 6.29. The minimum atomic E-state index is -4.51. The highest BCUT2D eigenvalue weighted by Crippen LogP contribution is 2.29. The minimum absolute atomic E-state index is 0.0280. The molecule has 0 bridgehead atoms. The van der Waals surface area contributed by atoms with Crippen molar-refractivity contribution in [3.8, 4) is 0 Å². The molecule has 0 radical (unpaired) electrons. The van der Waals surface area contributed by atoms with Gasteiger partial charge in [-0.2, -0.15) is 13.2 Å². The van der Waals surface area contributed by atoms with Gasteiger partial charge < -0.3 is 15.3 Å². The van der Waals surface area contributed by atoms with E-state index < -0.39 is 18.0 Å². The SMILES string of the molecule is O=C(NC1CC1)C(O)C1CCN(c2nccc(C(F)(F)F)n2)CC1. The molecule has 1 unspecified atom stereocenters. The summed E-state index contributed by atoms with van der Waals surface area (Å²) in [7, 11) is 0. The zero-order valence-corrected chi connectivity index (χ0v) is 13.0. The van der Waals surface area contributed by atoms with E-state index >= 15 is 0 Å². The summed E-state index contributed by atoms with van der Waals surface area (Å²) in [6.07, 6.45) is -1.59. The highest BCUT2D eigenvalue weighted by molar-refractivity contribution is 5.81. The molecule has 0 spiro atoms. The molecule has 1 aromatic rings. The van der Waals surface area contributed by atoms with Gasteiger partial charge in [-0.05, 0) is 37.7 Å². The number of aromatic nitrogens is 2. The van der Waals surface area contributed by atoms with Gasteiger partial charge in [0.1, 0.15) is 11.8 Å². The maximum atomic E-state index is 12.7. The van der Waals surface area contributed by atoms with Crippen molar-refractivity contribution in [2.24, 2.45) is 5.92 Å². The quantitative estimate of drug-likeness (QED) is 0.862. The summed E-state index contributed by atoms with van der Waals surface area (Å²) in [5.74, 6) is -0.530. The first-order valence-corrected chi connectivity index (χ1v) is 7.98. The van der Waals surface area contributed by atoms with Gasteiger partial charge in [-0.25, -0.2) is 9.97 Å². The van der Waals surface area contributed by atoms with Crippen LogP contribution in [0.1, 0.15) is 31.4 Å². The van der Waals surface area contributed by atoms with Gasteiger partial charge in [0, 0.05) is 25.3 Å². The highest BCUT2D eigenvalue weighted by atomic mass is 19.4. The lowest BCUT2D eigenvalue weighted by Crippen LogP contribution is -2.45. The van der Waals surface area contributed by atoms with E-state index in [1.54, 1.807) is 4.90 Å². The number of aliphatic hydroxyl groups is 1. The number of carbonyl (C=O) groups is 1. The molecule has 1 aliphatic carbocycles. The number of nitrogens with one attached hydrogen (secondary N) is 1. The fraction of sp³-hybridized carbons (Fsp3) is 0.667. The van der Waals surface area contributed by atoms with Gasteiger partial charge in [-0.1, -0.05) is 0 Å². The van der Waals surface area contributed by atoms with E-state index in [0.29, 0.717) is 25.9 Å². The molecule has 24 heavy (non-hydrogen) atoms. The Kier molecular flexibility index (Phi) is 4.62. The second kappa shape index (κ2) is 6.54. The molecule has 1 aromatic heterocycles. The molecule has 3 rings (SSSR count). The number of nitrogens with zero attached hydrogens (tertiary/aromatic N) is 3. The molecule has 1 atom stereocenters. The molecule has 2 heterocycles. The van der Waals surface area contributed by atoms with Crippen LogP contribution in [0.2, 0.25) is 0 Å². The number of alkyl halides is 3. The zero-order chi connectivity index (χ0) is 17.3. The molecule has 1 amide bonds. The van der Waals surface area contributed by atoms with Crippen molar-refractivity contribution in [2.45, 2.75) is 44.0 Å². The number of halogens is 3. The normalized spacial score (nSPS) is 20.8. The first kappa shape index (κ1) is 16.9. The first-order chi connectivity index (χ1) is 11.3. The maximum absolute atomic E-state index is 12.7. The van der Waals surface area contributed by atoms with Gasteiger partial charge in [0.05, 0.1) is 0 Å². The van der Waals surface area contributed by atoms with Crippen molar-refractivity contribution < 1.29 is 23.1 Å². The summed E-state index contributed by atoms with van der Waals surface area (Å²) in [6.45, 7) is 0.805. The standard InChI is InChI=1S/C15H19F3N4O2/c16-15(17,18)11-3-6-19-14(21-11)22-7-4-9(5-8-22)12(23)13(24)20-10-1-2-10/h3,6,9-10,12,23H,1-2,4-5,7-8H2,(H,20,24). The molecule has 132 valence electrons. The van der Waals surface area contributed by atoms with Crippen molar-refractivity contribution in [2.75, 3.05) is 18.0 Å². The van der Waals surface area contributed by atoms with Crippen LogP contribution in [0, 0.1) is 5.92 Å². The Hall–Kier alpha value is -1.90. The third-order valence-electron chi connectivity index (χ3n) is 4.39. The van der Waals surface area contributed by atoms with E-state index in [9.17, 15) is 23.1 Å². The Morgan fingerprint density at radius 1 is 1.29 bits per heavy atom. The summed E-state index contributed by atoms with van der Waals surface area (Å²) >= 11 is 0. The fourth-order valence-electron chi connectivity index (χ4n) is 2.80. The average molecular weight is 344 g/mol. The smallest absolute Gasteiger partial charge is 0.383 e. The van der Waals surface area contributed by atoms with Crippen LogP contribution in [0.5, 0.6) is 0 Å². The van der Waals surface area contributed by atoms with Crippen molar-refractivity contribution in [3.63, 3.8) is 0 Å². The van der Waals surface area contributed by atoms with E-state index in [4.69, 9.17) is 0 Å². The molecule has 6 nitrogen and oxygen atoms in total. The lowest BCUT2D eigenvalue weighted by Gasteiger charge is -2.33. The van der Waals surface area contributed by atoms with Crippen molar-refractivity contribution in [3.05, 3.63) is 18.0 Å². The number of hydrogen-bond donors (Lipinski definition) is 2. The Morgan fingerprint density at radius 2 is 1.96 bits per heavy atom. The van der Waals surface area contributed by atoms with Crippen molar-refractivity contribution >= 4 is 11.9 Å². The molecule has 1 saturated carbocycles. The van der Waals surface area contributed by atoms with Crippen LogP contribution in [-0.2, 0) is 11.0 Å². The molecule has 1 aliphatic heterocycles. The maximum Gasteiger partial charge on any atom is 0.433 e. The summed E-state index contributed by atoms with van der Waals surface area (Å²) in [4.78, 5) is 21.0. The number of rotatable bonds is 4. The predicted octanol–water partition coefficient (Wildman–Crippen LogP) is 1.35. The third-order valence-corrected chi connectivity index (χ3v) is 4.39. The lowest BCUT2D eigenvalue weighted by molar-refractivity contribution is -0.141. The van der Waals surface area contributed by atoms with Crippen LogP contribution in [0.25, 0.3) is 0 Å². The van der Waals surface area contributed by atoms with Gasteiger partial charge in [0.25, 0.3) is 0 Å². The predicted molar refractivity (Wildman–Crippen MR) is 79.1 cm³/mol. The molecule has 2 fully saturated rings. The van der Waals surface area contributed by atoms with Gasteiger partial charge in [-0.15, -0.1) is 0 Å². The van der Waals surface area contributed by atoms with Crippen LogP contribution in [-0.4, -0.2) is 46.2 Å². The number of anilines is 1. The number of piperidine rings is 1. The number of hydrogen-bond acceptors (Lipinski definition) is 5. The average Bonchev–Trinajstić information content (AvgIpc) is 3.37. The lowest BCUT2D eigenvalue weighted by atomic mass is 9.91. The molecular weight excluding hydrogens is 325 g/mol. The van der Waals surface area contributed by atoms with Crippen molar-refractivity contribution in [1.82, 2.24) is 15.3 Å². The fourth-order valence-corrected chi connectivity index (χ4v) is 2.80. The largest absolute Gasteiger partial charge is 0.433 e. The third kappa shape index (κ3) is 3.95. The molecule has 0 aromatic carbocycles. The van der Waals surface area contributed by atoms with Crippen LogP contribution in [0.4, 0.5) is 19.1 Å². The van der Waals surface area contributed by atoms with E-state index in [0.717, 1.165) is 25.1 Å². The van der Waals surface area contributed by atoms with Crippen LogP contribution in [0.3, 0.4) is 0 Å². The molecule has 2 aliphatic rings. The summed E-state index contributed by atoms with van der Waals surface area (Å²) < 4.78 is 38.1. The van der Waals surface area contributed by atoms with E-state index in [1.807, 2.05) is 0 Å². The van der Waals surface area contributed by atoms with E-state index in [2.05, 4.69) is 15.3 Å². The van der Waals surface area contributed by atoms with Gasteiger partial charge in [0.15, 0.2) is 0 Å². The van der Waals surface area contributed by atoms with Gasteiger partial charge in [0.2, 0.25) is 11.9 Å². The Balaban J connectivity index is 1.57. The zero-order valence-electron chi connectivity index (χ0n) is 13.0. The summed E-state index contributed by atoms with van der Waals surface area (Å²) in [5, 5.41) is 12.9. The van der Waals surface area contributed by atoms with Crippen LogP contribution in [0.15, 0.2) is 12.3 Å². The van der Waals surface area contributed by atoms with E-state index in [1.165, 1.54) is 0 Å². The number of aliphatic hydroxyl groups excluding tert-OH is 1. The molecule has 2 N–H and O–H groups in total. The first-order valence-electron chi connectivity index (χ1n) is 7.98. The minimum Gasteiger partial charge on any atom is -0.383 e. The number of amides is 1. The number of carbonyl (C=O) groups excluding carboxylic acids is 1. The van der Waals surface area contributed by atoms with Gasteiger partial charge in [-0.3, -0.25) is 4.79 Å². The van der Waals surface area contributed by atoms with E-state index in [-0.39, 0.29) is 23.8 Å². The van der Waals surface area contributed by atoms with Gasteiger partial charge >= 0.3 is 6.18 Å². The highest BCUT2D eigenvalue weighted by Gasteiger charge is 2.35. The summed E-state index contributed by atoms with van der Waals surface area (Å²) in [5.41, 5.74) is -0.974. The van der Waals surface area contributed by atoms with Crippen LogP contribution < -0.4 is 10.2 Å². The molecular formula is C15H19F3N4O2. The van der Waals surface area contributed by atoms with Crippen molar-refractivity contribution in [1.29, 1.82) is 0 Å².